The summed E-state index contributed by atoms with van der Waals surface area (Å²) in [6, 6.07) is 7.49. The van der Waals surface area contributed by atoms with E-state index in [1.54, 1.807) is 20.0 Å². The van der Waals surface area contributed by atoms with Crippen molar-refractivity contribution < 1.29 is 18.8 Å². The third kappa shape index (κ3) is 3.07. The molecule has 1 aromatic carbocycles. The molecule has 2 heterocycles. The van der Waals surface area contributed by atoms with Gasteiger partial charge in [-0.2, -0.15) is 0 Å². The largest absolute Gasteiger partial charge is 0.451 e. The molecule has 1 atom stereocenters. The number of aryl methyl sites for hydroxylation is 1. The molecule has 0 unspecified atom stereocenters. The van der Waals surface area contributed by atoms with Gasteiger partial charge in [-0.3, -0.25) is 4.79 Å². The van der Waals surface area contributed by atoms with Gasteiger partial charge >= 0.3 is 5.97 Å². The first-order valence-electron chi connectivity index (χ1n) is 8.17. The second-order valence-corrected chi connectivity index (χ2v) is 6.32. The third-order valence-electron chi connectivity index (χ3n) is 4.13. The highest BCUT2D eigenvalue weighted by atomic mass is 16.5. The van der Waals surface area contributed by atoms with Crippen LogP contribution in [-0.2, 0) is 4.74 Å². The Bertz CT molecular complexity index is 936. The van der Waals surface area contributed by atoms with Gasteiger partial charge in [0.25, 0.3) is 0 Å². The molecule has 25 heavy (non-hydrogen) atoms. The van der Waals surface area contributed by atoms with Gasteiger partial charge in [0.1, 0.15) is 5.56 Å². The number of hydrogen-bond acceptors (Lipinski definition) is 5. The Morgan fingerprint density at radius 3 is 2.64 bits per heavy atom. The monoisotopic (exact) mass is 340 g/mol. The van der Waals surface area contributed by atoms with E-state index in [4.69, 9.17) is 9.26 Å². The van der Waals surface area contributed by atoms with Crippen LogP contribution in [0, 0.1) is 6.92 Å². The van der Waals surface area contributed by atoms with E-state index in [2.05, 4.69) is 10.1 Å². The van der Waals surface area contributed by atoms with Gasteiger partial charge in [0.2, 0.25) is 5.78 Å². The number of aromatic amines is 1. The lowest BCUT2D eigenvalue weighted by Gasteiger charge is -2.12. The van der Waals surface area contributed by atoms with Crippen LogP contribution in [0.2, 0.25) is 0 Å². The summed E-state index contributed by atoms with van der Waals surface area (Å²) in [5.74, 6) is -0.397. The van der Waals surface area contributed by atoms with Crippen molar-refractivity contribution in [2.45, 2.75) is 39.7 Å². The predicted molar refractivity (Wildman–Crippen MR) is 92.8 cm³/mol. The number of benzene rings is 1. The molecule has 0 fully saturated rings. The minimum atomic E-state index is -0.916. The molecule has 1 N–H and O–H groups in total. The molecular formula is C19H20N2O4. The lowest BCUT2D eigenvalue weighted by Crippen LogP contribution is -2.25. The fourth-order valence-corrected chi connectivity index (χ4v) is 2.80. The molecule has 0 spiro atoms. The average Bonchev–Trinajstić information content (AvgIpc) is 3.17. The van der Waals surface area contributed by atoms with E-state index in [9.17, 15) is 9.59 Å². The Balaban J connectivity index is 1.82. The van der Waals surface area contributed by atoms with Crippen LogP contribution in [-0.4, -0.2) is 28.0 Å². The van der Waals surface area contributed by atoms with Crippen LogP contribution in [0.1, 0.15) is 58.9 Å². The van der Waals surface area contributed by atoms with Gasteiger partial charge in [-0.1, -0.05) is 37.2 Å². The maximum Gasteiger partial charge on any atom is 0.344 e. The Kier molecular flexibility index (Phi) is 4.44. The first kappa shape index (κ1) is 17.0. The summed E-state index contributed by atoms with van der Waals surface area (Å²) in [7, 11) is 0. The van der Waals surface area contributed by atoms with Crippen molar-refractivity contribution in [1.29, 1.82) is 0 Å². The number of ether oxygens (including phenoxy) is 1. The van der Waals surface area contributed by atoms with Crippen molar-refractivity contribution in [2.24, 2.45) is 0 Å². The molecule has 0 aliphatic carbocycles. The fourth-order valence-electron chi connectivity index (χ4n) is 2.80. The topological polar surface area (TPSA) is 85.2 Å². The van der Waals surface area contributed by atoms with Gasteiger partial charge in [0.05, 0.1) is 5.69 Å². The van der Waals surface area contributed by atoms with Crippen molar-refractivity contribution in [3.05, 3.63) is 53.0 Å². The lowest BCUT2D eigenvalue weighted by atomic mass is 10.0. The number of nitrogens with one attached hydrogen (secondary N) is 1. The van der Waals surface area contributed by atoms with Crippen LogP contribution < -0.4 is 0 Å². The molecule has 6 heteroatoms. The van der Waals surface area contributed by atoms with E-state index in [1.165, 1.54) is 0 Å². The fraction of sp³-hybridized carbons (Fsp3) is 0.316. The highest BCUT2D eigenvalue weighted by Gasteiger charge is 2.28. The Labute approximate surface area is 145 Å². The normalized spacial score (nSPS) is 12.5. The Morgan fingerprint density at radius 2 is 1.92 bits per heavy atom. The molecule has 0 aliphatic rings. The number of aromatic nitrogens is 2. The van der Waals surface area contributed by atoms with E-state index in [0.717, 1.165) is 10.9 Å². The quantitative estimate of drug-likeness (QED) is 0.560. The number of esters is 1. The molecule has 6 nitrogen and oxygen atoms in total. The number of hydrogen-bond donors (Lipinski definition) is 1. The van der Waals surface area contributed by atoms with E-state index in [-0.39, 0.29) is 11.7 Å². The van der Waals surface area contributed by atoms with Crippen LogP contribution in [0.3, 0.4) is 0 Å². The number of Topliss-reactive ketones (excluding diaryl/α,β-unsaturated/α-hetero) is 1. The smallest absolute Gasteiger partial charge is 0.344 e. The van der Waals surface area contributed by atoms with Crippen LogP contribution >= 0.6 is 0 Å². The lowest BCUT2D eigenvalue weighted by molar-refractivity contribution is 0.0316. The molecule has 3 aromatic rings. The number of ketones is 1. The number of carbonyl (C=O) groups excluding carboxylic acids is 2. The molecular weight excluding hydrogens is 320 g/mol. The first-order chi connectivity index (χ1) is 11.9. The maximum atomic E-state index is 12.7. The summed E-state index contributed by atoms with van der Waals surface area (Å²) in [5, 5.41) is 4.64. The number of rotatable bonds is 5. The summed E-state index contributed by atoms with van der Waals surface area (Å²) in [5.41, 5.74) is 2.12. The molecule has 0 saturated carbocycles. The van der Waals surface area contributed by atoms with Crippen molar-refractivity contribution in [2.75, 3.05) is 0 Å². The van der Waals surface area contributed by atoms with Crippen molar-refractivity contribution >= 4 is 22.7 Å². The zero-order valence-corrected chi connectivity index (χ0v) is 14.6. The van der Waals surface area contributed by atoms with Crippen LogP contribution in [0.4, 0.5) is 0 Å². The van der Waals surface area contributed by atoms with Crippen LogP contribution in [0.25, 0.3) is 10.9 Å². The van der Waals surface area contributed by atoms with Crippen molar-refractivity contribution in [1.82, 2.24) is 10.1 Å². The SMILES string of the molecule is Cc1noc(C(C)C)c1C(=O)O[C@H](C)C(=O)c1c[nH]c2ccccc12. The molecule has 0 saturated heterocycles. The van der Waals surface area contributed by atoms with Gasteiger partial charge < -0.3 is 14.2 Å². The zero-order valence-electron chi connectivity index (χ0n) is 14.6. The molecule has 0 radical (unpaired) electrons. The highest BCUT2D eigenvalue weighted by molar-refractivity contribution is 6.10. The molecule has 2 aromatic heterocycles. The van der Waals surface area contributed by atoms with Crippen molar-refractivity contribution in [3.63, 3.8) is 0 Å². The minimum absolute atomic E-state index is 0.0108. The van der Waals surface area contributed by atoms with Gasteiger partial charge in [-0.15, -0.1) is 0 Å². The first-order valence-corrected chi connectivity index (χ1v) is 8.17. The van der Waals surface area contributed by atoms with Crippen LogP contribution in [0.5, 0.6) is 0 Å². The van der Waals surface area contributed by atoms with Crippen molar-refractivity contribution in [3.8, 4) is 0 Å². The number of fused-ring (bicyclic) bond motifs is 1. The molecule has 130 valence electrons. The number of H-pyrrole nitrogens is 1. The third-order valence-corrected chi connectivity index (χ3v) is 4.13. The predicted octanol–water partition coefficient (Wildman–Crippen LogP) is 4.02. The van der Waals surface area contributed by atoms with E-state index < -0.39 is 12.1 Å². The Morgan fingerprint density at radius 1 is 1.20 bits per heavy atom. The average molecular weight is 340 g/mol. The standard InChI is InChI=1S/C19H20N2O4/c1-10(2)18-16(11(3)21-25-18)19(23)24-12(4)17(22)14-9-20-15-8-6-5-7-13(14)15/h5-10,12,20H,1-4H3/t12-/m1/s1. The molecule has 3 rings (SSSR count). The number of carbonyl (C=O) groups is 2. The zero-order chi connectivity index (χ0) is 18.1. The van der Waals surface area contributed by atoms with Crippen LogP contribution in [0.15, 0.2) is 35.0 Å². The van der Waals surface area contributed by atoms with Gasteiger partial charge in [-0.05, 0) is 19.9 Å². The summed E-state index contributed by atoms with van der Waals surface area (Å²) in [6.07, 6.45) is 0.725. The van der Waals surface area contributed by atoms with Gasteiger partial charge in [-0.25, -0.2) is 4.79 Å². The highest BCUT2D eigenvalue weighted by Crippen LogP contribution is 2.24. The molecule has 0 amide bonds. The van der Waals surface area contributed by atoms with Gasteiger partial charge in [0.15, 0.2) is 11.9 Å². The number of nitrogens with zero attached hydrogens (tertiary/aromatic N) is 1. The summed E-state index contributed by atoms with van der Waals surface area (Å²) in [4.78, 5) is 28.3. The second-order valence-electron chi connectivity index (χ2n) is 6.32. The second kappa shape index (κ2) is 6.55. The van der Waals surface area contributed by atoms with E-state index >= 15 is 0 Å². The van der Waals surface area contributed by atoms with Gasteiger partial charge in [0, 0.05) is 28.6 Å². The number of para-hydroxylation sites is 1. The van der Waals surface area contributed by atoms with E-state index in [0.29, 0.717) is 22.6 Å². The molecule has 0 aliphatic heterocycles. The summed E-state index contributed by atoms with van der Waals surface area (Å²) < 4.78 is 10.6. The van der Waals surface area contributed by atoms with E-state index in [1.807, 2.05) is 38.1 Å². The minimum Gasteiger partial charge on any atom is -0.451 e. The summed E-state index contributed by atoms with van der Waals surface area (Å²) >= 11 is 0. The molecule has 0 bridgehead atoms. The summed E-state index contributed by atoms with van der Waals surface area (Å²) in [6.45, 7) is 7.05. The Hall–Kier alpha value is -2.89. The maximum absolute atomic E-state index is 12.7.